The van der Waals surface area contributed by atoms with E-state index in [0.29, 0.717) is 26.4 Å². The number of benzene rings is 1. The molecular formula is C16H18ClN3O3S. The molecule has 0 spiro atoms. The molecule has 2 amide bonds. The van der Waals surface area contributed by atoms with Crippen LogP contribution in [0.3, 0.4) is 0 Å². The zero-order valence-corrected chi connectivity index (χ0v) is 15.1. The zero-order chi connectivity index (χ0) is 17.9. The number of thiazole rings is 1. The van der Waals surface area contributed by atoms with Crippen LogP contribution in [-0.4, -0.2) is 22.3 Å². The van der Waals surface area contributed by atoms with Gasteiger partial charge in [0, 0.05) is 5.02 Å². The van der Waals surface area contributed by atoms with Crippen molar-refractivity contribution in [3.63, 3.8) is 0 Å². The van der Waals surface area contributed by atoms with Crippen molar-refractivity contribution in [2.24, 2.45) is 5.73 Å². The van der Waals surface area contributed by atoms with Gasteiger partial charge in [-0.2, -0.15) is 0 Å². The van der Waals surface area contributed by atoms with Crippen LogP contribution in [0.1, 0.15) is 34.2 Å². The van der Waals surface area contributed by atoms with Gasteiger partial charge in [0.05, 0.1) is 5.69 Å². The van der Waals surface area contributed by atoms with Gasteiger partial charge < -0.3 is 15.8 Å². The van der Waals surface area contributed by atoms with E-state index in [-0.39, 0.29) is 12.5 Å². The molecular weight excluding hydrogens is 350 g/mol. The van der Waals surface area contributed by atoms with Crippen molar-refractivity contribution < 1.29 is 14.3 Å². The van der Waals surface area contributed by atoms with Gasteiger partial charge in [-0.25, -0.2) is 4.98 Å². The molecule has 0 radical (unpaired) electrons. The molecule has 1 aromatic carbocycles. The normalized spacial score (nSPS) is 11.2. The average Bonchev–Trinajstić information content (AvgIpc) is 2.87. The molecule has 0 unspecified atom stereocenters. The largest absolute Gasteiger partial charge is 0.486 e. The van der Waals surface area contributed by atoms with Crippen LogP contribution < -0.4 is 15.8 Å². The molecule has 24 heavy (non-hydrogen) atoms. The third-order valence-corrected chi connectivity index (χ3v) is 4.65. The van der Waals surface area contributed by atoms with Gasteiger partial charge in [0.1, 0.15) is 27.8 Å². The lowest BCUT2D eigenvalue weighted by atomic mass is 10.1. The lowest BCUT2D eigenvalue weighted by molar-refractivity contribution is -0.122. The van der Waals surface area contributed by atoms with E-state index in [2.05, 4.69) is 10.3 Å². The number of amides is 2. The number of rotatable bonds is 6. The molecule has 128 valence electrons. The van der Waals surface area contributed by atoms with Crippen molar-refractivity contribution in [3.8, 4) is 5.75 Å². The Labute approximate surface area is 149 Å². The number of ether oxygens (including phenoxy) is 1. The minimum Gasteiger partial charge on any atom is -0.486 e. The number of hydrogen-bond donors (Lipinski definition) is 2. The van der Waals surface area contributed by atoms with Crippen LogP contribution in [0.2, 0.25) is 5.02 Å². The van der Waals surface area contributed by atoms with E-state index in [0.717, 1.165) is 0 Å². The van der Waals surface area contributed by atoms with Crippen LogP contribution in [0.5, 0.6) is 5.75 Å². The zero-order valence-electron chi connectivity index (χ0n) is 13.6. The van der Waals surface area contributed by atoms with Crippen LogP contribution >= 0.6 is 22.9 Å². The molecule has 0 aliphatic rings. The van der Waals surface area contributed by atoms with Gasteiger partial charge in [-0.1, -0.05) is 11.6 Å². The highest BCUT2D eigenvalue weighted by Gasteiger charge is 2.29. The first-order valence-corrected chi connectivity index (χ1v) is 8.35. The Morgan fingerprint density at radius 2 is 1.96 bits per heavy atom. The average molecular weight is 368 g/mol. The molecule has 0 fully saturated rings. The van der Waals surface area contributed by atoms with Gasteiger partial charge in [0.25, 0.3) is 5.91 Å². The Balaban J connectivity index is 2.05. The second kappa shape index (κ2) is 7.19. The van der Waals surface area contributed by atoms with Gasteiger partial charge in [-0.3, -0.25) is 9.59 Å². The number of aryl methyl sites for hydroxylation is 1. The van der Waals surface area contributed by atoms with Crippen LogP contribution in [0.15, 0.2) is 24.3 Å². The van der Waals surface area contributed by atoms with E-state index in [1.807, 2.05) is 0 Å². The summed E-state index contributed by atoms with van der Waals surface area (Å²) in [6.07, 6.45) is 0. The quantitative estimate of drug-likeness (QED) is 0.820. The number of nitrogens with zero attached hydrogens (tertiary/aromatic N) is 1. The molecule has 1 aromatic heterocycles. The monoisotopic (exact) mass is 367 g/mol. The fourth-order valence-corrected chi connectivity index (χ4v) is 2.80. The van der Waals surface area contributed by atoms with E-state index < -0.39 is 11.4 Å². The molecule has 1 heterocycles. The van der Waals surface area contributed by atoms with Crippen LogP contribution in [-0.2, 0) is 11.4 Å². The van der Waals surface area contributed by atoms with Crippen LogP contribution in [0.4, 0.5) is 0 Å². The van der Waals surface area contributed by atoms with Gasteiger partial charge in [-0.15, -0.1) is 11.3 Å². The summed E-state index contributed by atoms with van der Waals surface area (Å²) >= 11 is 7.04. The van der Waals surface area contributed by atoms with Crippen molar-refractivity contribution >= 4 is 34.8 Å². The Hall–Kier alpha value is -2.12. The van der Waals surface area contributed by atoms with Gasteiger partial charge in [-0.05, 0) is 45.0 Å². The lowest BCUT2D eigenvalue weighted by Crippen LogP contribution is -2.52. The second-order valence-electron chi connectivity index (χ2n) is 5.71. The number of halogens is 1. The summed E-state index contributed by atoms with van der Waals surface area (Å²) in [4.78, 5) is 28.4. The first-order valence-electron chi connectivity index (χ1n) is 7.16. The van der Waals surface area contributed by atoms with Crippen LogP contribution in [0, 0.1) is 6.92 Å². The maximum Gasteiger partial charge on any atom is 0.264 e. The smallest absolute Gasteiger partial charge is 0.264 e. The molecule has 2 rings (SSSR count). The topological polar surface area (TPSA) is 94.3 Å². The third kappa shape index (κ3) is 4.46. The van der Waals surface area contributed by atoms with E-state index in [9.17, 15) is 9.59 Å². The summed E-state index contributed by atoms with van der Waals surface area (Å²) in [5, 5.41) is 3.89. The number of nitrogens with two attached hydrogens (primary N) is 1. The summed E-state index contributed by atoms with van der Waals surface area (Å²) in [7, 11) is 0. The van der Waals surface area contributed by atoms with Crippen LogP contribution in [0.25, 0.3) is 0 Å². The highest BCUT2D eigenvalue weighted by Crippen LogP contribution is 2.22. The summed E-state index contributed by atoms with van der Waals surface area (Å²) < 4.78 is 5.62. The number of nitrogens with one attached hydrogen (secondary N) is 1. The van der Waals surface area contributed by atoms with E-state index in [1.54, 1.807) is 45.0 Å². The maximum absolute atomic E-state index is 12.3. The van der Waals surface area contributed by atoms with Crippen molar-refractivity contribution in [3.05, 3.63) is 44.9 Å². The molecule has 6 nitrogen and oxygen atoms in total. The molecule has 0 aliphatic heterocycles. The fraction of sp³-hybridized carbons (Fsp3) is 0.312. The standard InChI is InChI=1S/C16H18ClN3O3S/c1-9-13(14(21)20-16(2,3)15(18)22)24-12(19-9)8-23-11-6-4-10(17)5-7-11/h4-7H,8H2,1-3H3,(H2,18,22)(H,20,21). The Kier molecular flexibility index (Phi) is 5.46. The highest BCUT2D eigenvalue weighted by molar-refractivity contribution is 7.13. The minimum absolute atomic E-state index is 0.236. The van der Waals surface area contributed by atoms with Crippen molar-refractivity contribution in [1.29, 1.82) is 0 Å². The molecule has 0 saturated carbocycles. The first kappa shape index (κ1) is 18.2. The predicted molar refractivity (Wildman–Crippen MR) is 93.4 cm³/mol. The van der Waals surface area contributed by atoms with Crippen molar-refractivity contribution in [2.45, 2.75) is 32.9 Å². The fourth-order valence-electron chi connectivity index (χ4n) is 1.80. The number of carbonyl (C=O) groups is 2. The van der Waals surface area contributed by atoms with Gasteiger partial charge in [0.2, 0.25) is 5.91 Å². The SMILES string of the molecule is Cc1nc(COc2ccc(Cl)cc2)sc1C(=O)NC(C)(C)C(N)=O. The number of aromatic nitrogens is 1. The van der Waals surface area contributed by atoms with E-state index in [4.69, 9.17) is 22.1 Å². The Bertz CT molecular complexity index is 756. The predicted octanol–water partition coefficient (Wildman–Crippen LogP) is 2.68. The molecule has 2 aromatic rings. The van der Waals surface area contributed by atoms with Crippen molar-refractivity contribution in [1.82, 2.24) is 10.3 Å². The van der Waals surface area contributed by atoms with Crippen molar-refractivity contribution in [2.75, 3.05) is 0 Å². The maximum atomic E-state index is 12.3. The molecule has 0 bridgehead atoms. The van der Waals surface area contributed by atoms with Gasteiger partial charge >= 0.3 is 0 Å². The Morgan fingerprint density at radius 1 is 1.33 bits per heavy atom. The Morgan fingerprint density at radius 3 is 2.54 bits per heavy atom. The molecule has 0 atom stereocenters. The summed E-state index contributed by atoms with van der Waals surface area (Å²) in [6.45, 7) is 5.07. The highest BCUT2D eigenvalue weighted by atomic mass is 35.5. The molecule has 3 N–H and O–H groups in total. The summed E-state index contributed by atoms with van der Waals surface area (Å²) in [6, 6.07) is 6.97. The second-order valence-corrected chi connectivity index (χ2v) is 7.23. The van der Waals surface area contributed by atoms with E-state index >= 15 is 0 Å². The summed E-state index contributed by atoms with van der Waals surface area (Å²) in [5.74, 6) is -0.330. The minimum atomic E-state index is -1.13. The number of primary amides is 1. The third-order valence-electron chi connectivity index (χ3n) is 3.27. The van der Waals surface area contributed by atoms with Gasteiger partial charge in [0.15, 0.2) is 0 Å². The summed E-state index contributed by atoms with van der Waals surface area (Å²) in [5.41, 5.74) is 4.71. The number of hydrogen-bond acceptors (Lipinski definition) is 5. The van der Waals surface area contributed by atoms with E-state index in [1.165, 1.54) is 11.3 Å². The molecule has 8 heteroatoms. The first-order chi connectivity index (χ1) is 11.2. The molecule has 0 saturated heterocycles. The lowest BCUT2D eigenvalue weighted by Gasteiger charge is -2.21. The number of carbonyl (C=O) groups excluding carboxylic acids is 2. The molecule has 0 aliphatic carbocycles.